The number of carbonyl (C=O) groups is 1. The van der Waals surface area contributed by atoms with Gasteiger partial charge in [0.1, 0.15) is 17.3 Å². The molecule has 2 rings (SSSR count). The van der Waals surface area contributed by atoms with Crippen LogP contribution >= 0.6 is 0 Å². The molecule has 1 heterocycles. The summed E-state index contributed by atoms with van der Waals surface area (Å²) >= 11 is 0. The summed E-state index contributed by atoms with van der Waals surface area (Å²) in [6, 6.07) is 5.30. The lowest BCUT2D eigenvalue weighted by molar-refractivity contribution is -0.118. The van der Waals surface area contributed by atoms with E-state index in [9.17, 15) is 4.79 Å². The minimum absolute atomic E-state index is 0.0246. The van der Waals surface area contributed by atoms with Crippen LogP contribution in [0.25, 0.3) is 11.4 Å². The number of ketones is 1. The number of Topliss-reactive ketones (excluding diaryl/α,β-unsaturated/α-hetero) is 1. The number of hydrogen-bond acceptors (Lipinski definition) is 6. The number of nitrogens with zero attached hydrogens (tertiary/aromatic N) is 2. The van der Waals surface area contributed by atoms with Gasteiger partial charge in [0.2, 0.25) is 11.7 Å². The molecule has 0 saturated heterocycles. The summed E-state index contributed by atoms with van der Waals surface area (Å²) in [5.74, 6) is 1.52. The number of ether oxygens (including phenoxy) is 2. The number of hydrogen-bond donors (Lipinski definition) is 0. The van der Waals surface area contributed by atoms with Crippen LogP contribution in [0.15, 0.2) is 22.7 Å². The van der Waals surface area contributed by atoms with Gasteiger partial charge in [-0.25, -0.2) is 0 Å². The highest BCUT2D eigenvalue weighted by Gasteiger charge is 2.19. The van der Waals surface area contributed by atoms with Gasteiger partial charge in [-0.3, -0.25) is 4.79 Å². The van der Waals surface area contributed by atoms with Gasteiger partial charge in [-0.1, -0.05) is 5.16 Å². The maximum atomic E-state index is 11.3. The molecule has 6 nitrogen and oxygen atoms in total. The van der Waals surface area contributed by atoms with E-state index < -0.39 is 5.92 Å². The summed E-state index contributed by atoms with van der Waals surface area (Å²) in [5, 5.41) is 3.89. The Hall–Kier alpha value is -2.37. The Labute approximate surface area is 116 Å². The Morgan fingerprint density at radius 2 is 1.80 bits per heavy atom. The fraction of sp³-hybridized carbons (Fsp3) is 0.357. The van der Waals surface area contributed by atoms with Crippen molar-refractivity contribution < 1.29 is 18.8 Å². The summed E-state index contributed by atoms with van der Waals surface area (Å²) in [5.41, 5.74) is 0.701. The lowest BCUT2D eigenvalue weighted by atomic mass is 10.1. The second-order valence-corrected chi connectivity index (χ2v) is 4.39. The molecule has 6 heteroatoms. The molecule has 1 aromatic heterocycles. The molecule has 0 spiro atoms. The predicted octanol–water partition coefficient (Wildman–Crippen LogP) is 2.45. The van der Waals surface area contributed by atoms with E-state index in [2.05, 4.69) is 10.1 Å². The minimum atomic E-state index is -0.413. The minimum Gasteiger partial charge on any atom is -0.497 e. The standard InChI is InChI=1S/C14H16N2O4/c1-8(9(2)17)14-15-13(16-20-14)10-5-11(18-3)7-12(6-10)19-4/h5-8H,1-4H3. The zero-order chi connectivity index (χ0) is 14.7. The zero-order valence-corrected chi connectivity index (χ0v) is 11.8. The van der Waals surface area contributed by atoms with Gasteiger partial charge in [0.25, 0.3) is 0 Å². The molecule has 1 unspecified atom stereocenters. The first-order valence-electron chi connectivity index (χ1n) is 6.12. The van der Waals surface area contributed by atoms with Crippen molar-refractivity contribution in [2.24, 2.45) is 0 Å². The molecule has 106 valence electrons. The molecule has 0 amide bonds. The Morgan fingerprint density at radius 3 is 2.30 bits per heavy atom. The second kappa shape index (κ2) is 5.73. The average molecular weight is 276 g/mol. The predicted molar refractivity (Wildman–Crippen MR) is 71.9 cm³/mol. The SMILES string of the molecule is COc1cc(OC)cc(-c2noc(C(C)C(C)=O)n2)c1. The van der Waals surface area contributed by atoms with Gasteiger partial charge in [0.15, 0.2) is 0 Å². The molecule has 20 heavy (non-hydrogen) atoms. The van der Waals surface area contributed by atoms with Crippen LogP contribution in [0.1, 0.15) is 25.7 Å². The van der Waals surface area contributed by atoms with Crippen LogP contribution in [0.2, 0.25) is 0 Å². The number of rotatable bonds is 5. The summed E-state index contributed by atoms with van der Waals surface area (Å²) in [7, 11) is 3.13. The molecule has 2 aromatic rings. The van der Waals surface area contributed by atoms with Crippen molar-refractivity contribution in [3.63, 3.8) is 0 Å². The highest BCUT2D eigenvalue weighted by Crippen LogP contribution is 2.29. The van der Waals surface area contributed by atoms with Gasteiger partial charge < -0.3 is 14.0 Å². The van der Waals surface area contributed by atoms with Crippen molar-refractivity contribution in [2.45, 2.75) is 19.8 Å². The first-order valence-corrected chi connectivity index (χ1v) is 6.12. The second-order valence-electron chi connectivity index (χ2n) is 4.39. The van der Waals surface area contributed by atoms with Crippen LogP contribution in [0.5, 0.6) is 11.5 Å². The van der Waals surface area contributed by atoms with Crippen molar-refractivity contribution >= 4 is 5.78 Å². The number of carbonyl (C=O) groups excluding carboxylic acids is 1. The molecule has 0 N–H and O–H groups in total. The van der Waals surface area contributed by atoms with E-state index in [0.29, 0.717) is 28.8 Å². The lowest BCUT2D eigenvalue weighted by Gasteiger charge is -2.05. The van der Waals surface area contributed by atoms with Crippen molar-refractivity contribution in [1.29, 1.82) is 0 Å². The Balaban J connectivity index is 2.39. The van der Waals surface area contributed by atoms with Crippen molar-refractivity contribution in [2.75, 3.05) is 14.2 Å². The third-order valence-electron chi connectivity index (χ3n) is 3.03. The van der Waals surface area contributed by atoms with E-state index in [1.165, 1.54) is 6.92 Å². The van der Waals surface area contributed by atoms with E-state index >= 15 is 0 Å². The highest BCUT2D eigenvalue weighted by atomic mass is 16.5. The quantitative estimate of drug-likeness (QED) is 0.835. The van der Waals surface area contributed by atoms with Gasteiger partial charge in [0, 0.05) is 11.6 Å². The number of methoxy groups -OCH3 is 2. The third-order valence-corrected chi connectivity index (χ3v) is 3.03. The van der Waals surface area contributed by atoms with E-state index in [-0.39, 0.29) is 5.78 Å². The topological polar surface area (TPSA) is 74.5 Å². The van der Waals surface area contributed by atoms with Crippen molar-refractivity contribution in [1.82, 2.24) is 10.1 Å². The molecule has 1 atom stereocenters. The zero-order valence-electron chi connectivity index (χ0n) is 11.8. The summed E-state index contributed by atoms with van der Waals surface area (Å²) in [6.07, 6.45) is 0. The van der Waals surface area contributed by atoms with E-state index in [0.717, 1.165) is 0 Å². The van der Waals surface area contributed by atoms with Gasteiger partial charge in [0.05, 0.1) is 20.1 Å². The summed E-state index contributed by atoms with van der Waals surface area (Å²) in [6.45, 7) is 3.22. The fourth-order valence-electron chi connectivity index (χ4n) is 1.64. The molecule has 0 radical (unpaired) electrons. The Bertz CT molecular complexity index is 599. The normalized spacial score (nSPS) is 12.0. The Kier molecular flexibility index (Phi) is 4.02. The highest BCUT2D eigenvalue weighted by molar-refractivity contribution is 5.81. The van der Waals surface area contributed by atoms with Crippen LogP contribution in [-0.2, 0) is 4.79 Å². The molecule has 0 saturated carbocycles. The molecule has 0 fully saturated rings. The van der Waals surface area contributed by atoms with E-state index in [4.69, 9.17) is 14.0 Å². The number of aromatic nitrogens is 2. The van der Waals surface area contributed by atoms with Crippen molar-refractivity contribution in [3.05, 3.63) is 24.1 Å². The van der Waals surface area contributed by atoms with Crippen LogP contribution in [0.3, 0.4) is 0 Å². The molecular weight excluding hydrogens is 260 g/mol. The first kappa shape index (κ1) is 14.0. The van der Waals surface area contributed by atoms with Crippen LogP contribution in [-0.4, -0.2) is 30.1 Å². The fourth-order valence-corrected chi connectivity index (χ4v) is 1.64. The lowest BCUT2D eigenvalue weighted by Crippen LogP contribution is -2.04. The maximum absolute atomic E-state index is 11.3. The summed E-state index contributed by atoms with van der Waals surface area (Å²) < 4.78 is 15.5. The van der Waals surface area contributed by atoms with Crippen molar-refractivity contribution in [3.8, 4) is 22.9 Å². The largest absolute Gasteiger partial charge is 0.497 e. The average Bonchev–Trinajstić information content (AvgIpc) is 2.95. The van der Waals surface area contributed by atoms with Crippen LogP contribution in [0, 0.1) is 0 Å². The van der Waals surface area contributed by atoms with Crippen LogP contribution < -0.4 is 9.47 Å². The van der Waals surface area contributed by atoms with Gasteiger partial charge >= 0.3 is 0 Å². The van der Waals surface area contributed by atoms with Crippen LogP contribution in [0.4, 0.5) is 0 Å². The number of benzene rings is 1. The van der Waals surface area contributed by atoms with Gasteiger partial charge in [-0.05, 0) is 26.0 Å². The first-order chi connectivity index (χ1) is 9.55. The molecule has 0 aliphatic carbocycles. The van der Waals surface area contributed by atoms with E-state index in [1.54, 1.807) is 39.3 Å². The molecular formula is C14H16N2O4. The molecule has 0 aliphatic rings. The summed E-state index contributed by atoms with van der Waals surface area (Å²) in [4.78, 5) is 15.6. The monoisotopic (exact) mass is 276 g/mol. The third kappa shape index (κ3) is 2.79. The smallest absolute Gasteiger partial charge is 0.237 e. The Morgan fingerprint density at radius 1 is 1.20 bits per heavy atom. The molecule has 0 aliphatic heterocycles. The van der Waals surface area contributed by atoms with E-state index in [1.807, 2.05) is 0 Å². The molecule has 1 aromatic carbocycles. The van der Waals surface area contributed by atoms with Gasteiger partial charge in [-0.2, -0.15) is 4.98 Å². The molecule has 0 bridgehead atoms. The maximum Gasteiger partial charge on any atom is 0.237 e. The van der Waals surface area contributed by atoms with Gasteiger partial charge in [-0.15, -0.1) is 0 Å².